The molecule has 3 heterocycles. The topological polar surface area (TPSA) is 60.4 Å². The van der Waals surface area contributed by atoms with Crippen LogP contribution in [-0.4, -0.2) is 78.6 Å². The third kappa shape index (κ3) is 6.02. The van der Waals surface area contributed by atoms with Crippen LogP contribution in [0.1, 0.15) is 12.1 Å². The summed E-state index contributed by atoms with van der Waals surface area (Å²) in [6.45, 7) is 5.41. The molecule has 32 heavy (non-hydrogen) atoms. The van der Waals surface area contributed by atoms with Crippen LogP contribution in [0.15, 0.2) is 54.9 Å². The predicted octanol–water partition coefficient (Wildman–Crippen LogP) is 3.53. The van der Waals surface area contributed by atoms with Gasteiger partial charge in [-0.1, -0.05) is 0 Å². The number of piperazine rings is 1. The SMILES string of the molecule is CN(C)CCCc1ccc(-c2ccnc(Nc3ccc(N4CCN(C)CC4)cc3)n2)cn1. The number of benzene rings is 1. The van der Waals surface area contributed by atoms with E-state index in [9.17, 15) is 0 Å². The average Bonchev–Trinajstić information content (AvgIpc) is 2.81. The van der Waals surface area contributed by atoms with E-state index in [1.165, 1.54) is 5.69 Å². The first-order valence-electron chi connectivity index (χ1n) is 11.3. The number of likely N-dealkylation sites (N-methyl/N-ethyl adjacent to an activating group) is 1. The van der Waals surface area contributed by atoms with Gasteiger partial charge in [0.25, 0.3) is 0 Å². The van der Waals surface area contributed by atoms with Crippen molar-refractivity contribution in [3.63, 3.8) is 0 Å². The molecule has 0 spiro atoms. The largest absolute Gasteiger partial charge is 0.369 e. The van der Waals surface area contributed by atoms with Crippen molar-refractivity contribution in [1.82, 2.24) is 24.8 Å². The molecule has 1 aliphatic heterocycles. The number of rotatable bonds is 8. The number of pyridine rings is 1. The molecule has 0 atom stereocenters. The van der Waals surface area contributed by atoms with Crippen LogP contribution in [0, 0.1) is 0 Å². The summed E-state index contributed by atoms with van der Waals surface area (Å²) in [7, 11) is 6.37. The fourth-order valence-electron chi connectivity index (χ4n) is 3.83. The Balaban J connectivity index is 1.38. The van der Waals surface area contributed by atoms with Gasteiger partial charge in [-0.15, -0.1) is 0 Å². The second-order valence-corrected chi connectivity index (χ2v) is 8.67. The lowest BCUT2D eigenvalue weighted by Crippen LogP contribution is -2.44. The zero-order valence-corrected chi connectivity index (χ0v) is 19.3. The van der Waals surface area contributed by atoms with E-state index in [-0.39, 0.29) is 0 Å². The molecule has 1 aromatic carbocycles. The molecule has 1 N–H and O–H groups in total. The van der Waals surface area contributed by atoms with Crippen molar-refractivity contribution in [2.45, 2.75) is 12.8 Å². The number of nitrogens with one attached hydrogen (secondary N) is 1. The molecule has 0 bridgehead atoms. The van der Waals surface area contributed by atoms with Crippen LogP contribution >= 0.6 is 0 Å². The Labute approximate surface area is 191 Å². The van der Waals surface area contributed by atoms with Crippen LogP contribution in [-0.2, 0) is 6.42 Å². The van der Waals surface area contributed by atoms with Gasteiger partial charge in [-0.25, -0.2) is 9.97 Å². The lowest BCUT2D eigenvalue weighted by atomic mass is 10.1. The number of aryl methyl sites for hydroxylation is 1. The second-order valence-electron chi connectivity index (χ2n) is 8.67. The Morgan fingerprint density at radius 2 is 1.72 bits per heavy atom. The van der Waals surface area contributed by atoms with Crippen LogP contribution in [0.2, 0.25) is 0 Å². The lowest BCUT2D eigenvalue weighted by Gasteiger charge is -2.34. The molecule has 0 radical (unpaired) electrons. The standard InChI is InChI=1S/C25H33N7/c1-30(2)14-4-5-21-7-6-20(19-27-21)24-12-13-26-25(29-24)28-22-8-10-23(11-9-22)32-17-15-31(3)16-18-32/h6-13,19H,4-5,14-18H2,1-3H3,(H,26,28,29). The van der Waals surface area contributed by atoms with Gasteiger partial charge in [0.15, 0.2) is 0 Å². The number of anilines is 3. The molecule has 1 aliphatic rings. The highest BCUT2D eigenvalue weighted by Gasteiger charge is 2.14. The number of hydrogen-bond donors (Lipinski definition) is 1. The average molecular weight is 432 g/mol. The molecule has 0 unspecified atom stereocenters. The third-order valence-electron chi connectivity index (χ3n) is 5.81. The van der Waals surface area contributed by atoms with E-state index in [0.29, 0.717) is 5.95 Å². The van der Waals surface area contributed by atoms with Crippen molar-refractivity contribution in [2.24, 2.45) is 0 Å². The summed E-state index contributed by atoms with van der Waals surface area (Å²) in [6, 6.07) is 14.6. The molecule has 7 nitrogen and oxygen atoms in total. The monoisotopic (exact) mass is 431 g/mol. The minimum Gasteiger partial charge on any atom is -0.369 e. The van der Waals surface area contributed by atoms with Crippen molar-refractivity contribution in [3.8, 4) is 11.3 Å². The molecule has 7 heteroatoms. The fourth-order valence-corrected chi connectivity index (χ4v) is 3.83. The van der Waals surface area contributed by atoms with Gasteiger partial charge in [0, 0.05) is 61.2 Å². The fraction of sp³-hybridized carbons (Fsp3) is 0.400. The Kier molecular flexibility index (Phi) is 7.29. The van der Waals surface area contributed by atoms with Gasteiger partial charge in [-0.2, -0.15) is 0 Å². The number of aromatic nitrogens is 3. The molecule has 4 rings (SSSR count). The Bertz CT molecular complexity index is 978. The predicted molar refractivity (Wildman–Crippen MR) is 132 cm³/mol. The van der Waals surface area contributed by atoms with Gasteiger partial charge in [-0.3, -0.25) is 4.98 Å². The quantitative estimate of drug-likeness (QED) is 0.585. The second kappa shape index (κ2) is 10.5. The molecule has 1 saturated heterocycles. The van der Waals surface area contributed by atoms with E-state index < -0.39 is 0 Å². The van der Waals surface area contributed by atoms with Crippen LogP contribution in [0.4, 0.5) is 17.3 Å². The van der Waals surface area contributed by atoms with Crippen LogP contribution < -0.4 is 10.2 Å². The van der Waals surface area contributed by atoms with E-state index in [2.05, 4.69) is 92.5 Å². The zero-order valence-electron chi connectivity index (χ0n) is 19.3. The summed E-state index contributed by atoms with van der Waals surface area (Å²) >= 11 is 0. The van der Waals surface area contributed by atoms with E-state index in [4.69, 9.17) is 0 Å². The maximum atomic E-state index is 4.69. The van der Waals surface area contributed by atoms with Crippen LogP contribution in [0.5, 0.6) is 0 Å². The van der Waals surface area contributed by atoms with E-state index in [1.54, 1.807) is 6.20 Å². The summed E-state index contributed by atoms with van der Waals surface area (Å²) in [4.78, 5) is 20.7. The summed E-state index contributed by atoms with van der Waals surface area (Å²) in [6.07, 6.45) is 5.78. The van der Waals surface area contributed by atoms with Gasteiger partial charge in [0.05, 0.1) is 5.69 Å². The van der Waals surface area contributed by atoms with Gasteiger partial charge in [0.1, 0.15) is 0 Å². The van der Waals surface area contributed by atoms with E-state index in [1.807, 2.05) is 12.3 Å². The Morgan fingerprint density at radius 3 is 2.41 bits per heavy atom. The van der Waals surface area contributed by atoms with Gasteiger partial charge in [0.2, 0.25) is 5.95 Å². The minimum absolute atomic E-state index is 0.588. The molecule has 0 amide bonds. The molecule has 3 aromatic rings. The van der Waals surface area contributed by atoms with Crippen LogP contribution in [0.25, 0.3) is 11.3 Å². The Morgan fingerprint density at radius 1 is 0.938 bits per heavy atom. The summed E-state index contributed by atoms with van der Waals surface area (Å²) in [5, 5.41) is 3.33. The minimum atomic E-state index is 0.588. The lowest BCUT2D eigenvalue weighted by molar-refractivity contribution is 0.313. The maximum absolute atomic E-state index is 4.69. The third-order valence-corrected chi connectivity index (χ3v) is 5.81. The smallest absolute Gasteiger partial charge is 0.227 e. The molecule has 0 aliphatic carbocycles. The maximum Gasteiger partial charge on any atom is 0.227 e. The Hall–Kier alpha value is -3.03. The van der Waals surface area contributed by atoms with Crippen molar-refractivity contribution >= 4 is 17.3 Å². The number of hydrogen-bond acceptors (Lipinski definition) is 7. The summed E-state index contributed by atoms with van der Waals surface area (Å²) < 4.78 is 0. The number of nitrogens with zero attached hydrogens (tertiary/aromatic N) is 6. The van der Waals surface area contributed by atoms with Crippen molar-refractivity contribution < 1.29 is 0 Å². The van der Waals surface area contributed by atoms with Gasteiger partial charge >= 0.3 is 0 Å². The van der Waals surface area contributed by atoms with E-state index in [0.717, 1.165) is 68.2 Å². The highest BCUT2D eigenvalue weighted by molar-refractivity contribution is 5.63. The van der Waals surface area contributed by atoms with Crippen molar-refractivity contribution in [1.29, 1.82) is 0 Å². The first-order chi connectivity index (χ1) is 15.6. The van der Waals surface area contributed by atoms with E-state index >= 15 is 0 Å². The first-order valence-corrected chi connectivity index (χ1v) is 11.3. The molecular formula is C25H33N7. The van der Waals surface area contributed by atoms with Crippen molar-refractivity contribution in [2.75, 3.05) is 64.1 Å². The first kappa shape index (κ1) is 22.2. The molecule has 0 saturated carbocycles. The summed E-state index contributed by atoms with van der Waals surface area (Å²) in [5.41, 5.74) is 5.22. The molecular weight excluding hydrogens is 398 g/mol. The molecule has 1 fully saturated rings. The van der Waals surface area contributed by atoms with Crippen molar-refractivity contribution in [3.05, 3.63) is 60.6 Å². The highest BCUT2D eigenvalue weighted by Crippen LogP contribution is 2.22. The normalized spacial score (nSPS) is 14.7. The zero-order chi connectivity index (χ0) is 22.3. The van der Waals surface area contributed by atoms with Gasteiger partial charge in [-0.05, 0) is 83.0 Å². The molecule has 2 aromatic heterocycles. The summed E-state index contributed by atoms with van der Waals surface area (Å²) in [5.74, 6) is 0.588. The van der Waals surface area contributed by atoms with Gasteiger partial charge < -0.3 is 20.0 Å². The highest BCUT2D eigenvalue weighted by atomic mass is 15.2. The van der Waals surface area contributed by atoms with Crippen LogP contribution in [0.3, 0.4) is 0 Å². The molecule has 168 valence electrons.